The number of nitrogens with one attached hydrogen (secondary N) is 1. The van der Waals surface area contributed by atoms with E-state index in [2.05, 4.69) is 15.5 Å². The van der Waals surface area contributed by atoms with Crippen LogP contribution in [0.15, 0.2) is 47.6 Å². The highest BCUT2D eigenvalue weighted by atomic mass is 35.5. The van der Waals surface area contributed by atoms with Gasteiger partial charge in [-0.25, -0.2) is 0 Å². The molecule has 0 radical (unpaired) electrons. The molecule has 0 fully saturated rings. The van der Waals surface area contributed by atoms with Crippen LogP contribution in [0.3, 0.4) is 0 Å². The molecule has 0 saturated heterocycles. The summed E-state index contributed by atoms with van der Waals surface area (Å²) >= 11 is 13.3. The second-order valence-electron chi connectivity index (χ2n) is 5.79. The van der Waals surface area contributed by atoms with Crippen LogP contribution in [-0.4, -0.2) is 31.3 Å². The molecule has 0 spiro atoms. The first-order chi connectivity index (χ1) is 13.9. The van der Waals surface area contributed by atoms with E-state index in [-0.39, 0.29) is 33.1 Å². The Morgan fingerprint density at radius 3 is 2.45 bits per heavy atom. The Hall–Kier alpha value is -2.62. The number of halogens is 2. The Balaban J connectivity index is 1.71. The van der Waals surface area contributed by atoms with Gasteiger partial charge in [-0.05, 0) is 6.92 Å². The molecule has 0 aliphatic heterocycles. The van der Waals surface area contributed by atoms with Crippen LogP contribution < -0.4 is 5.32 Å². The fourth-order valence-corrected chi connectivity index (χ4v) is 3.94. The zero-order valence-electron chi connectivity index (χ0n) is 15.1. The number of benzene rings is 2. The molecule has 0 atom stereocenters. The Morgan fingerprint density at radius 2 is 1.86 bits per heavy atom. The van der Waals surface area contributed by atoms with E-state index in [4.69, 9.17) is 23.2 Å². The van der Waals surface area contributed by atoms with Gasteiger partial charge in [-0.15, -0.1) is 10.2 Å². The van der Waals surface area contributed by atoms with Crippen molar-refractivity contribution in [2.45, 2.75) is 18.6 Å². The quantitative estimate of drug-likeness (QED) is 0.310. The summed E-state index contributed by atoms with van der Waals surface area (Å²) in [5.41, 5.74) is 0.811. The lowest BCUT2D eigenvalue weighted by Gasteiger charge is -2.10. The first-order valence-electron chi connectivity index (χ1n) is 8.45. The van der Waals surface area contributed by atoms with Gasteiger partial charge in [0.1, 0.15) is 0 Å². The highest BCUT2D eigenvalue weighted by Gasteiger charge is 2.18. The van der Waals surface area contributed by atoms with E-state index in [9.17, 15) is 14.9 Å². The number of carbonyl (C=O) groups excluding carboxylic acids is 1. The van der Waals surface area contributed by atoms with Gasteiger partial charge in [0, 0.05) is 24.2 Å². The van der Waals surface area contributed by atoms with E-state index in [1.54, 1.807) is 0 Å². The molecule has 0 aliphatic carbocycles. The summed E-state index contributed by atoms with van der Waals surface area (Å²) < 4.78 is 1.92. The van der Waals surface area contributed by atoms with Crippen LogP contribution >= 0.6 is 35.0 Å². The fraction of sp³-hybridized carbons (Fsp3) is 0.167. The van der Waals surface area contributed by atoms with Crippen LogP contribution in [0.5, 0.6) is 0 Å². The molecule has 1 heterocycles. The van der Waals surface area contributed by atoms with Crippen molar-refractivity contribution >= 4 is 52.2 Å². The number of nitro benzene ring substituents is 1. The summed E-state index contributed by atoms with van der Waals surface area (Å²) in [6, 6.07) is 11.9. The second kappa shape index (κ2) is 9.25. The van der Waals surface area contributed by atoms with Crippen molar-refractivity contribution in [2.75, 3.05) is 11.1 Å². The topological polar surface area (TPSA) is 103 Å². The lowest BCUT2D eigenvalue weighted by Crippen LogP contribution is -2.15. The molecule has 0 bridgehead atoms. The summed E-state index contributed by atoms with van der Waals surface area (Å²) in [6.07, 6.45) is 0. The molecule has 8 nitrogen and oxygen atoms in total. The van der Waals surface area contributed by atoms with Gasteiger partial charge in [0.15, 0.2) is 11.0 Å². The summed E-state index contributed by atoms with van der Waals surface area (Å²) in [7, 11) is 0. The molecule has 1 aromatic heterocycles. The van der Waals surface area contributed by atoms with E-state index in [0.29, 0.717) is 11.7 Å². The van der Waals surface area contributed by atoms with Crippen molar-refractivity contribution in [3.05, 3.63) is 62.6 Å². The maximum absolute atomic E-state index is 12.3. The van der Waals surface area contributed by atoms with Crippen molar-refractivity contribution in [3.63, 3.8) is 0 Å². The summed E-state index contributed by atoms with van der Waals surface area (Å²) in [6.45, 7) is 2.61. The first kappa shape index (κ1) is 21.1. The van der Waals surface area contributed by atoms with Gasteiger partial charge in [0.25, 0.3) is 5.69 Å². The lowest BCUT2D eigenvalue weighted by molar-refractivity contribution is -0.384. The minimum atomic E-state index is -0.610. The van der Waals surface area contributed by atoms with Crippen LogP contribution in [0.25, 0.3) is 11.4 Å². The highest BCUT2D eigenvalue weighted by Crippen LogP contribution is 2.35. The number of hydrogen-bond acceptors (Lipinski definition) is 6. The zero-order valence-corrected chi connectivity index (χ0v) is 17.5. The maximum atomic E-state index is 12.3. The van der Waals surface area contributed by atoms with Gasteiger partial charge in [-0.1, -0.05) is 65.3 Å². The van der Waals surface area contributed by atoms with Crippen LogP contribution in [-0.2, 0) is 11.3 Å². The number of amides is 1. The predicted molar refractivity (Wildman–Crippen MR) is 114 cm³/mol. The molecule has 0 unspecified atom stereocenters. The fourth-order valence-electron chi connectivity index (χ4n) is 2.57. The number of hydrogen-bond donors (Lipinski definition) is 1. The van der Waals surface area contributed by atoms with Gasteiger partial charge in [0.05, 0.1) is 26.4 Å². The van der Waals surface area contributed by atoms with E-state index >= 15 is 0 Å². The molecule has 3 rings (SSSR count). The standard InChI is InChI=1S/C18H15Cl2N5O3S/c1-2-24-17(11-6-4-3-5-7-11)22-23-18(24)29-10-15(26)21-16-13(19)8-12(25(27)28)9-14(16)20/h3-9H,2,10H2,1H3,(H,21,26). The van der Waals surface area contributed by atoms with Crippen LogP contribution in [0.1, 0.15) is 6.92 Å². The van der Waals surface area contributed by atoms with Crippen molar-refractivity contribution in [1.29, 1.82) is 0 Å². The van der Waals surface area contributed by atoms with Gasteiger partial charge in [-0.2, -0.15) is 0 Å². The molecule has 150 valence electrons. The second-order valence-corrected chi connectivity index (χ2v) is 7.55. The summed E-state index contributed by atoms with van der Waals surface area (Å²) in [4.78, 5) is 22.6. The Kier molecular flexibility index (Phi) is 6.73. The van der Waals surface area contributed by atoms with Gasteiger partial charge in [0.2, 0.25) is 5.91 Å². The van der Waals surface area contributed by atoms with E-state index in [1.807, 2.05) is 41.8 Å². The average Bonchev–Trinajstić information content (AvgIpc) is 3.12. The number of non-ortho nitro benzene ring substituents is 1. The molecule has 29 heavy (non-hydrogen) atoms. The van der Waals surface area contributed by atoms with Gasteiger partial charge < -0.3 is 9.88 Å². The SMILES string of the molecule is CCn1c(SCC(=O)Nc2c(Cl)cc([N+](=O)[O-])cc2Cl)nnc1-c1ccccc1. The molecule has 0 saturated carbocycles. The third-order valence-corrected chi connectivity index (χ3v) is 5.46. The molecular weight excluding hydrogens is 437 g/mol. The Morgan fingerprint density at radius 1 is 1.21 bits per heavy atom. The maximum Gasteiger partial charge on any atom is 0.272 e. The highest BCUT2D eigenvalue weighted by molar-refractivity contribution is 7.99. The largest absolute Gasteiger partial charge is 0.323 e. The predicted octanol–water partition coefficient (Wildman–Crippen LogP) is 4.91. The normalized spacial score (nSPS) is 10.7. The van der Waals surface area contributed by atoms with E-state index < -0.39 is 4.92 Å². The van der Waals surface area contributed by atoms with Gasteiger partial charge >= 0.3 is 0 Å². The number of rotatable bonds is 7. The third-order valence-electron chi connectivity index (χ3n) is 3.90. The number of anilines is 1. The number of carbonyl (C=O) groups is 1. The minimum Gasteiger partial charge on any atom is -0.323 e. The molecule has 1 amide bonds. The van der Waals surface area contributed by atoms with Crippen LogP contribution in [0.4, 0.5) is 11.4 Å². The van der Waals surface area contributed by atoms with E-state index in [1.165, 1.54) is 11.8 Å². The Labute approximate surface area is 180 Å². The monoisotopic (exact) mass is 451 g/mol. The average molecular weight is 452 g/mol. The smallest absolute Gasteiger partial charge is 0.272 e. The van der Waals surface area contributed by atoms with Crippen molar-refractivity contribution in [1.82, 2.24) is 14.8 Å². The molecule has 0 aliphatic rings. The number of thioether (sulfide) groups is 1. The first-order valence-corrected chi connectivity index (χ1v) is 10.2. The number of nitro groups is 1. The van der Waals surface area contributed by atoms with Crippen LogP contribution in [0.2, 0.25) is 10.0 Å². The van der Waals surface area contributed by atoms with Crippen molar-refractivity contribution in [3.8, 4) is 11.4 Å². The van der Waals surface area contributed by atoms with Crippen molar-refractivity contribution < 1.29 is 9.72 Å². The zero-order chi connectivity index (χ0) is 21.0. The number of nitrogens with zero attached hydrogens (tertiary/aromatic N) is 4. The van der Waals surface area contributed by atoms with Gasteiger partial charge in [-0.3, -0.25) is 14.9 Å². The third kappa shape index (κ3) is 4.87. The van der Waals surface area contributed by atoms with E-state index in [0.717, 1.165) is 23.5 Å². The summed E-state index contributed by atoms with van der Waals surface area (Å²) in [5.74, 6) is 0.383. The minimum absolute atomic E-state index is 0.00867. The van der Waals surface area contributed by atoms with Crippen LogP contribution in [0, 0.1) is 10.1 Å². The molecule has 1 N–H and O–H groups in total. The molecule has 2 aromatic carbocycles. The molecular formula is C18H15Cl2N5O3S. The lowest BCUT2D eigenvalue weighted by atomic mass is 10.2. The van der Waals surface area contributed by atoms with Crippen molar-refractivity contribution in [2.24, 2.45) is 0 Å². The number of aromatic nitrogens is 3. The molecule has 3 aromatic rings. The Bertz CT molecular complexity index is 1040. The summed E-state index contributed by atoms with van der Waals surface area (Å²) in [5, 5.41) is 22.4. The molecule has 11 heteroatoms.